The molecule has 2 aliphatic heterocycles. The van der Waals surface area contributed by atoms with Gasteiger partial charge >= 0.3 is 0 Å². The molecular weight excluding hydrogens is 286 g/mol. The molecule has 22 heavy (non-hydrogen) atoms. The van der Waals surface area contributed by atoms with Gasteiger partial charge in [-0.05, 0) is 26.0 Å². The van der Waals surface area contributed by atoms with Crippen molar-refractivity contribution in [3.05, 3.63) is 35.9 Å². The van der Waals surface area contributed by atoms with Crippen LogP contribution in [0.1, 0.15) is 24.2 Å². The van der Waals surface area contributed by atoms with Crippen molar-refractivity contribution < 1.29 is 24.1 Å². The standard InChI is InChI=1S/C16H21NO5/c1-16(2)21-13-12(11(18)9-20-15(13)22-16)17(3)14(19)10-7-5-4-6-8-10/h4-8,11-13,15,18H,9H2,1-3H3/t11-,12-,13-,15-/m0/s1. The second kappa shape index (κ2) is 5.62. The molecular formula is C16H21NO5. The van der Waals surface area contributed by atoms with E-state index < -0.39 is 30.3 Å². The fraction of sp³-hybridized carbons (Fsp3) is 0.562. The third kappa shape index (κ3) is 2.75. The lowest BCUT2D eigenvalue weighted by Crippen LogP contribution is -2.60. The van der Waals surface area contributed by atoms with Gasteiger partial charge in [-0.2, -0.15) is 0 Å². The number of hydrogen-bond acceptors (Lipinski definition) is 5. The molecule has 2 saturated heterocycles. The number of aliphatic hydroxyl groups is 1. The van der Waals surface area contributed by atoms with Crippen LogP contribution in [0.3, 0.4) is 0 Å². The van der Waals surface area contributed by atoms with Gasteiger partial charge in [0.2, 0.25) is 0 Å². The van der Waals surface area contributed by atoms with E-state index in [4.69, 9.17) is 14.2 Å². The number of carbonyl (C=O) groups excluding carboxylic acids is 1. The van der Waals surface area contributed by atoms with E-state index in [1.807, 2.05) is 18.2 Å². The van der Waals surface area contributed by atoms with Gasteiger partial charge in [-0.3, -0.25) is 4.79 Å². The lowest BCUT2D eigenvalue weighted by Gasteiger charge is -2.40. The average Bonchev–Trinajstić information content (AvgIpc) is 2.81. The minimum Gasteiger partial charge on any atom is -0.388 e. The fourth-order valence-electron chi connectivity index (χ4n) is 3.03. The number of amides is 1. The molecule has 1 N–H and O–H groups in total. The zero-order chi connectivity index (χ0) is 15.9. The Kier molecular flexibility index (Phi) is 3.94. The number of ether oxygens (including phenoxy) is 3. The van der Waals surface area contributed by atoms with Gasteiger partial charge in [0.15, 0.2) is 12.1 Å². The molecule has 1 aromatic carbocycles. The van der Waals surface area contributed by atoms with E-state index in [9.17, 15) is 9.90 Å². The summed E-state index contributed by atoms with van der Waals surface area (Å²) in [5.74, 6) is -0.965. The van der Waals surface area contributed by atoms with E-state index in [1.54, 1.807) is 33.0 Å². The molecule has 2 heterocycles. The Balaban J connectivity index is 1.83. The zero-order valence-corrected chi connectivity index (χ0v) is 12.9. The predicted octanol–water partition coefficient (Wildman–Crippen LogP) is 0.996. The molecule has 6 heteroatoms. The van der Waals surface area contributed by atoms with Crippen molar-refractivity contribution in [2.75, 3.05) is 13.7 Å². The largest absolute Gasteiger partial charge is 0.388 e. The lowest BCUT2D eigenvalue weighted by molar-refractivity contribution is -0.207. The van der Waals surface area contributed by atoms with Gasteiger partial charge in [0, 0.05) is 12.6 Å². The quantitative estimate of drug-likeness (QED) is 0.883. The Bertz CT molecular complexity index is 547. The Morgan fingerprint density at radius 1 is 1.27 bits per heavy atom. The Labute approximate surface area is 129 Å². The first-order chi connectivity index (χ1) is 10.4. The van der Waals surface area contributed by atoms with Crippen LogP contribution in [-0.4, -0.2) is 59.9 Å². The molecule has 1 amide bonds. The Morgan fingerprint density at radius 2 is 1.95 bits per heavy atom. The molecule has 0 spiro atoms. The first-order valence-corrected chi connectivity index (χ1v) is 7.36. The third-order valence-electron chi connectivity index (χ3n) is 4.04. The number of hydrogen-bond donors (Lipinski definition) is 1. The third-order valence-corrected chi connectivity index (χ3v) is 4.04. The molecule has 0 saturated carbocycles. The van der Waals surface area contributed by atoms with Crippen LogP contribution >= 0.6 is 0 Å². The molecule has 0 radical (unpaired) electrons. The second-order valence-electron chi connectivity index (χ2n) is 6.14. The summed E-state index contributed by atoms with van der Waals surface area (Å²) in [6.45, 7) is 3.69. The molecule has 6 nitrogen and oxygen atoms in total. The maximum Gasteiger partial charge on any atom is 0.254 e. The minimum atomic E-state index is -0.823. The maximum atomic E-state index is 12.6. The summed E-state index contributed by atoms with van der Waals surface area (Å²) in [5, 5.41) is 10.3. The molecule has 2 fully saturated rings. The number of benzene rings is 1. The van der Waals surface area contributed by atoms with Crippen molar-refractivity contribution in [3.63, 3.8) is 0 Å². The van der Waals surface area contributed by atoms with E-state index >= 15 is 0 Å². The van der Waals surface area contributed by atoms with Crippen molar-refractivity contribution in [1.29, 1.82) is 0 Å². The predicted molar refractivity (Wildman–Crippen MR) is 78.1 cm³/mol. The molecule has 120 valence electrons. The topological polar surface area (TPSA) is 68.2 Å². The van der Waals surface area contributed by atoms with E-state index in [2.05, 4.69) is 0 Å². The highest BCUT2D eigenvalue weighted by Gasteiger charge is 2.53. The molecule has 4 atom stereocenters. The summed E-state index contributed by atoms with van der Waals surface area (Å²) in [4.78, 5) is 14.1. The van der Waals surface area contributed by atoms with Gasteiger partial charge in [0.1, 0.15) is 12.2 Å². The molecule has 1 aromatic rings. The minimum absolute atomic E-state index is 0.109. The fourth-order valence-corrected chi connectivity index (χ4v) is 3.03. The first-order valence-electron chi connectivity index (χ1n) is 7.36. The summed E-state index contributed by atoms with van der Waals surface area (Å²) in [6.07, 6.45) is -1.91. The van der Waals surface area contributed by atoms with Gasteiger partial charge in [0.05, 0.1) is 12.6 Å². The van der Waals surface area contributed by atoms with Crippen LogP contribution < -0.4 is 0 Å². The Hall–Kier alpha value is -1.47. The van der Waals surface area contributed by atoms with Gasteiger partial charge in [0.25, 0.3) is 5.91 Å². The zero-order valence-electron chi connectivity index (χ0n) is 12.9. The monoisotopic (exact) mass is 307 g/mol. The van der Waals surface area contributed by atoms with Crippen LogP contribution in [0.15, 0.2) is 30.3 Å². The van der Waals surface area contributed by atoms with Crippen molar-refractivity contribution in [2.45, 2.75) is 44.2 Å². The van der Waals surface area contributed by atoms with Crippen molar-refractivity contribution >= 4 is 5.91 Å². The van der Waals surface area contributed by atoms with Crippen LogP contribution in [0.4, 0.5) is 0 Å². The number of rotatable bonds is 2. The summed E-state index contributed by atoms with van der Waals surface area (Å²) < 4.78 is 17.0. The number of aliphatic hydroxyl groups excluding tert-OH is 1. The van der Waals surface area contributed by atoms with Crippen LogP contribution in [0, 0.1) is 0 Å². The number of carbonyl (C=O) groups is 1. The molecule has 0 bridgehead atoms. The molecule has 3 rings (SSSR count). The van der Waals surface area contributed by atoms with Crippen molar-refractivity contribution in [1.82, 2.24) is 4.90 Å². The van der Waals surface area contributed by atoms with Crippen LogP contribution in [-0.2, 0) is 14.2 Å². The van der Waals surface area contributed by atoms with Crippen LogP contribution in [0.2, 0.25) is 0 Å². The summed E-state index contributed by atoms with van der Waals surface area (Å²) in [7, 11) is 1.67. The van der Waals surface area contributed by atoms with E-state index in [-0.39, 0.29) is 12.5 Å². The number of nitrogens with zero attached hydrogens (tertiary/aromatic N) is 1. The highest BCUT2D eigenvalue weighted by Crippen LogP contribution is 2.36. The normalized spacial score (nSPS) is 33.3. The van der Waals surface area contributed by atoms with E-state index in [0.29, 0.717) is 5.56 Å². The van der Waals surface area contributed by atoms with Crippen molar-refractivity contribution in [3.8, 4) is 0 Å². The molecule has 0 unspecified atom stereocenters. The highest BCUT2D eigenvalue weighted by atomic mass is 16.8. The summed E-state index contributed by atoms with van der Waals surface area (Å²) >= 11 is 0. The van der Waals surface area contributed by atoms with Gasteiger partial charge < -0.3 is 24.2 Å². The highest BCUT2D eigenvalue weighted by molar-refractivity contribution is 5.94. The van der Waals surface area contributed by atoms with Gasteiger partial charge in [-0.15, -0.1) is 0 Å². The molecule has 0 aromatic heterocycles. The van der Waals surface area contributed by atoms with E-state index in [0.717, 1.165) is 0 Å². The lowest BCUT2D eigenvalue weighted by atomic mass is 9.99. The van der Waals surface area contributed by atoms with Gasteiger partial charge in [-0.25, -0.2) is 0 Å². The Morgan fingerprint density at radius 3 is 2.64 bits per heavy atom. The number of likely N-dealkylation sites (N-methyl/N-ethyl adjacent to an activating group) is 1. The van der Waals surface area contributed by atoms with E-state index in [1.165, 1.54) is 4.90 Å². The molecule has 0 aliphatic carbocycles. The average molecular weight is 307 g/mol. The smallest absolute Gasteiger partial charge is 0.254 e. The number of fused-ring (bicyclic) bond motifs is 1. The summed E-state index contributed by atoms with van der Waals surface area (Å²) in [5.41, 5.74) is 0.568. The first kappa shape index (κ1) is 15.4. The molecule has 2 aliphatic rings. The SMILES string of the molecule is CN(C(=O)c1ccccc1)[C@@H]1[C@@H]2OC(C)(C)O[C@@H]2OC[C@@H]1O. The van der Waals surface area contributed by atoms with Gasteiger partial charge in [-0.1, -0.05) is 18.2 Å². The van der Waals surface area contributed by atoms with Crippen molar-refractivity contribution in [2.24, 2.45) is 0 Å². The summed E-state index contributed by atoms with van der Waals surface area (Å²) in [6, 6.07) is 8.45. The van der Waals surface area contributed by atoms with Crippen LogP contribution in [0.5, 0.6) is 0 Å². The van der Waals surface area contributed by atoms with Crippen LogP contribution in [0.25, 0.3) is 0 Å². The second-order valence-corrected chi connectivity index (χ2v) is 6.14. The maximum absolute atomic E-state index is 12.6.